The molecule has 14 nitrogen and oxygen atoms in total. The number of rotatable bonds is 24. The van der Waals surface area contributed by atoms with Crippen molar-refractivity contribution in [2.45, 2.75) is 78.4 Å². The number of benzene rings is 2. The zero-order chi connectivity index (χ0) is 39.5. The van der Waals surface area contributed by atoms with Gasteiger partial charge in [0.15, 0.2) is 11.5 Å². The standard InChI is InChI=1S/C40H51N3O11/c1-6-9-11-16-32(33(7-2)43(26-44)53-24-27-14-12-10-13-15-27)38(47)41-25-42-39(48)36-18-17-35(54-36)29-19-28(20-31(21-29)52-8-3)34(45)22-30(40(49)51-5)23-37(46)50-4/h10,12-15,17-21,26,30,32-33H,6-9,11,16,22-25H2,1-5H3,(H,41,47)(H,42,48)/t30-,32+,33+/m0/s1. The van der Waals surface area contributed by atoms with Crippen molar-refractivity contribution in [3.63, 3.8) is 0 Å². The average Bonchev–Trinajstić information content (AvgIpc) is 3.69. The molecule has 3 atom stereocenters. The van der Waals surface area contributed by atoms with E-state index in [1.54, 1.807) is 19.1 Å². The predicted molar refractivity (Wildman–Crippen MR) is 198 cm³/mol. The van der Waals surface area contributed by atoms with Crippen LogP contribution in [0.3, 0.4) is 0 Å². The zero-order valence-electron chi connectivity index (χ0n) is 31.6. The van der Waals surface area contributed by atoms with Gasteiger partial charge in [0.25, 0.3) is 5.91 Å². The van der Waals surface area contributed by atoms with Gasteiger partial charge in [-0.3, -0.25) is 33.6 Å². The summed E-state index contributed by atoms with van der Waals surface area (Å²) in [7, 11) is 2.36. The molecule has 0 bridgehead atoms. The van der Waals surface area contributed by atoms with Gasteiger partial charge in [-0.2, -0.15) is 0 Å². The molecule has 54 heavy (non-hydrogen) atoms. The summed E-state index contributed by atoms with van der Waals surface area (Å²) in [6.07, 6.45) is 3.58. The first-order valence-electron chi connectivity index (χ1n) is 18.1. The summed E-state index contributed by atoms with van der Waals surface area (Å²) in [5.41, 5.74) is 1.50. The number of furan rings is 1. The van der Waals surface area contributed by atoms with Crippen LogP contribution in [0.2, 0.25) is 0 Å². The van der Waals surface area contributed by atoms with E-state index in [4.69, 9.17) is 18.7 Å². The van der Waals surface area contributed by atoms with Crippen LogP contribution in [0.15, 0.2) is 65.1 Å². The number of hydrogen-bond acceptors (Lipinski definition) is 11. The summed E-state index contributed by atoms with van der Waals surface area (Å²) >= 11 is 0. The predicted octanol–water partition coefficient (Wildman–Crippen LogP) is 5.64. The highest BCUT2D eigenvalue weighted by Crippen LogP contribution is 2.30. The first-order valence-corrected chi connectivity index (χ1v) is 18.1. The van der Waals surface area contributed by atoms with E-state index >= 15 is 0 Å². The monoisotopic (exact) mass is 749 g/mol. The molecule has 0 aliphatic carbocycles. The smallest absolute Gasteiger partial charge is 0.309 e. The maximum Gasteiger partial charge on any atom is 0.309 e. The lowest BCUT2D eigenvalue weighted by Gasteiger charge is -2.32. The molecule has 0 fully saturated rings. The van der Waals surface area contributed by atoms with Gasteiger partial charge in [0.2, 0.25) is 12.3 Å². The second-order valence-corrected chi connectivity index (χ2v) is 12.5. The lowest BCUT2D eigenvalue weighted by Crippen LogP contribution is -2.48. The number of carbonyl (C=O) groups is 6. The van der Waals surface area contributed by atoms with E-state index in [0.717, 1.165) is 24.8 Å². The number of hydroxylamine groups is 2. The number of esters is 2. The van der Waals surface area contributed by atoms with E-state index in [1.807, 2.05) is 37.3 Å². The number of carbonyl (C=O) groups excluding carboxylic acids is 6. The minimum Gasteiger partial charge on any atom is -0.494 e. The van der Waals surface area contributed by atoms with E-state index < -0.39 is 41.5 Å². The van der Waals surface area contributed by atoms with Gasteiger partial charge in [0.1, 0.15) is 18.1 Å². The Morgan fingerprint density at radius 3 is 2.30 bits per heavy atom. The Kier molecular flexibility index (Phi) is 17.9. The number of hydrogen-bond donors (Lipinski definition) is 2. The van der Waals surface area contributed by atoms with Crippen molar-refractivity contribution in [2.75, 3.05) is 27.5 Å². The number of nitrogens with one attached hydrogen (secondary N) is 2. The Labute approximate surface area is 315 Å². The summed E-state index contributed by atoms with van der Waals surface area (Å²) in [5, 5.41) is 6.63. The molecule has 0 saturated carbocycles. The van der Waals surface area contributed by atoms with Crippen LogP contribution in [-0.4, -0.2) is 74.5 Å². The number of nitrogens with zero attached hydrogens (tertiary/aromatic N) is 1. The van der Waals surface area contributed by atoms with Crippen LogP contribution < -0.4 is 15.4 Å². The molecule has 0 saturated heterocycles. The van der Waals surface area contributed by atoms with Gasteiger partial charge in [-0.05, 0) is 55.7 Å². The van der Waals surface area contributed by atoms with Gasteiger partial charge in [0.05, 0.1) is 51.8 Å². The number of ether oxygens (including phenoxy) is 3. The van der Waals surface area contributed by atoms with Crippen molar-refractivity contribution in [3.8, 4) is 17.1 Å². The number of unbranched alkanes of at least 4 members (excludes halogenated alkanes) is 2. The molecule has 3 aromatic rings. The summed E-state index contributed by atoms with van der Waals surface area (Å²) in [5.74, 6) is -3.85. The van der Waals surface area contributed by atoms with Crippen molar-refractivity contribution in [2.24, 2.45) is 11.8 Å². The van der Waals surface area contributed by atoms with Gasteiger partial charge >= 0.3 is 11.9 Å². The summed E-state index contributed by atoms with van der Waals surface area (Å²) in [6, 6.07) is 16.6. The second-order valence-electron chi connectivity index (χ2n) is 12.5. The van der Waals surface area contributed by atoms with Crippen LogP contribution in [0.25, 0.3) is 11.3 Å². The molecular weight excluding hydrogens is 698 g/mol. The molecule has 3 rings (SSSR count). The van der Waals surface area contributed by atoms with E-state index in [-0.39, 0.29) is 49.1 Å². The van der Waals surface area contributed by atoms with E-state index in [9.17, 15) is 28.8 Å². The SMILES string of the molecule is CCCCC[C@@H](C(=O)NCNC(=O)c1ccc(-c2cc(OCC)cc(C(=O)C[C@@H](CC(=O)OC)C(=O)OC)c2)o1)[C@@H](CC)N(C=O)OCc1ccccc1. The lowest BCUT2D eigenvalue weighted by molar-refractivity contribution is -0.200. The molecule has 0 aliphatic rings. The van der Waals surface area contributed by atoms with Crippen LogP contribution in [0.1, 0.15) is 92.2 Å². The third-order valence-corrected chi connectivity index (χ3v) is 8.76. The van der Waals surface area contributed by atoms with Crippen LogP contribution in [0, 0.1) is 11.8 Å². The number of methoxy groups -OCH3 is 2. The number of Topliss-reactive ketones (excluding diaryl/α,β-unsaturated/α-hetero) is 1. The Balaban J connectivity index is 1.71. The lowest BCUT2D eigenvalue weighted by atomic mass is 9.90. The van der Waals surface area contributed by atoms with Crippen LogP contribution in [-0.2, 0) is 40.1 Å². The minimum absolute atomic E-state index is 0.0508. The fraction of sp³-hybridized carbons (Fsp3) is 0.450. The van der Waals surface area contributed by atoms with E-state index in [0.29, 0.717) is 37.2 Å². The van der Waals surface area contributed by atoms with Gasteiger partial charge in [-0.25, -0.2) is 5.06 Å². The molecule has 2 aromatic carbocycles. The summed E-state index contributed by atoms with van der Waals surface area (Å²) in [4.78, 5) is 82.1. The largest absolute Gasteiger partial charge is 0.494 e. The fourth-order valence-corrected chi connectivity index (χ4v) is 5.91. The van der Waals surface area contributed by atoms with Gasteiger partial charge in [-0.15, -0.1) is 0 Å². The highest BCUT2D eigenvalue weighted by atomic mass is 16.7. The molecule has 14 heteroatoms. The van der Waals surface area contributed by atoms with Gasteiger partial charge in [-0.1, -0.05) is 63.4 Å². The van der Waals surface area contributed by atoms with Crippen molar-refractivity contribution < 1.29 is 52.2 Å². The molecule has 292 valence electrons. The molecular formula is C40H51N3O11. The highest BCUT2D eigenvalue weighted by molar-refractivity contribution is 6.00. The van der Waals surface area contributed by atoms with E-state index in [2.05, 4.69) is 22.3 Å². The van der Waals surface area contributed by atoms with Crippen LogP contribution in [0.4, 0.5) is 0 Å². The third-order valence-electron chi connectivity index (χ3n) is 8.76. The van der Waals surface area contributed by atoms with Crippen LogP contribution >= 0.6 is 0 Å². The van der Waals surface area contributed by atoms with Crippen molar-refractivity contribution in [3.05, 3.63) is 77.6 Å². The summed E-state index contributed by atoms with van der Waals surface area (Å²) in [6.45, 7) is 5.99. The van der Waals surface area contributed by atoms with Crippen molar-refractivity contribution in [1.82, 2.24) is 15.7 Å². The molecule has 0 spiro atoms. The highest BCUT2D eigenvalue weighted by Gasteiger charge is 2.32. The van der Waals surface area contributed by atoms with E-state index in [1.165, 1.54) is 37.5 Å². The normalized spacial score (nSPS) is 12.5. The van der Waals surface area contributed by atoms with Crippen molar-refractivity contribution >= 4 is 35.9 Å². The number of amides is 3. The average molecular weight is 750 g/mol. The first-order chi connectivity index (χ1) is 26.1. The minimum atomic E-state index is -1.05. The molecule has 2 N–H and O–H groups in total. The zero-order valence-corrected chi connectivity index (χ0v) is 31.6. The Morgan fingerprint density at radius 2 is 1.65 bits per heavy atom. The molecule has 3 amide bonds. The summed E-state index contributed by atoms with van der Waals surface area (Å²) < 4.78 is 21.0. The van der Waals surface area contributed by atoms with Gasteiger partial charge < -0.3 is 29.3 Å². The molecule has 1 aromatic heterocycles. The topological polar surface area (TPSA) is 180 Å². The molecule has 1 heterocycles. The third kappa shape index (κ3) is 12.9. The Hall–Kier alpha value is -5.50. The second kappa shape index (κ2) is 22.5. The quantitative estimate of drug-likeness (QED) is 0.0289. The van der Waals surface area contributed by atoms with Gasteiger partial charge in [0, 0.05) is 17.5 Å². The van der Waals surface area contributed by atoms with Crippen LogP contribution in [0.5, 0.6) is 5.75 Å². The Bertz CT molecular complexity index is 1690. The fourth-order valence-electron chi connectivity index (χ4n) is 5.91. The maximum absolute atomic E-state index is 13.5. The molecule has 0 radical (unpaired) electrons. The molecule has 0 unspecified atom stereocenters. The Morgan fingerprint density at radius 1 is 0.889 bits per heavy atom. The van der Waals surface area contributed by atoms with Crippen molar-refractivity contribution in [1.29, 1.82) is 0 Å². The number of ketones is 1. The first kappa shape index (κ1) is 42.9. The molecule has 0 aliphatic heterocycles. The maximum atomic E-state index is 13.5.